The molecule has 7 heteroatoms. The van der Waals surface area contributed by atoms with Gasteiger partial charge < -0.3 is 14.6 Å². The number of aromatic carboxylic acids is 1. The summed E-state index contributed by atoms with van der Waals surface area (Å²) in [6.07, 6.45) is 3.46. The number of hydrogen-bond acceptors (Lipinski definition) is 4. The van der Waals surface area contributed by atoms with Crippen LogP contribution >= 0.6 is 0 Å². The lowest BCUT2D eigenvalue weighted by atomic mass is 10.1. The fourth-order valence-electron chi connectivity index (χ4n) is 2.56. The van der Waals surface area contributed by atoms with Crippen molar-refractivity contribution in [3.63, 3.8) is 0 Å². The molecule has 0 aliphatic carbocycles. The van der Waals surface area contributed by atoms with Crippen LogP contribution < -0.4 is 9.47 Å². The molecule has 0 radical (unpaired) electrons. The van der Waals surface area contributed by atoms with E-state index in [-0.39, 0.29) is 17.1 Å². The van der Waals surface area contributed by atoms with Crippen LogP contribution in [-0.2, 0) is 0 Å². The Morgan fingerprint density at radius 2 is 2.00 bits per heavy atom. The van der Waals surface area contributed by atoms with E-state index in [0.717, 1.165) is 0 Å². The van der Waals surface area contributed by atoms with E-state index in [2.05, 4.69) is 10.2 Å². The van der Waals surface area contributed by atoms with Crippen LogP contribution in [0.3, 0.4) is 0 Å². The van der Waals surface area contributed by atoms with Gasteiger partial charge in [-0.05, 0) is 35.9 Å². The van der Waals surface area contributed by atoms with E-state index in [1.165, 1.54) is 26.4 Å². The molecule has 0 saturated carbocycles. The number of benzene rings is 2. The number of hydrogen-bond donors (Lipinski definition) is 2. The fraction of sp³-hybridized carbons (Fsp3) is 0.111. The molecule has 3 rings (SSSR count). The second-order valence-electron chi connectivity index (χ2n) is 5.21. The Kier molecular flexibility index (Phi) is 4.38. The van der Waals surface area contributed by atoms with E-state index in [1.54, 1.807) is 30.4 Å². The molecule has 1 heterocycles. The third kappa shape index (κ3) is 3.03. The number of fused-ring (bicyclic) bond motifs is 1. The predicted octanol–water partition coefficient (Wildman–Crippen LogP) is 3.59. The molecule has 0 unspecified atom stereocenters. The van der Waals surface area contributed by atoms with Crippen LogP contribution in [0.1, 0.15) is 21.6 Å². The van der Waals surface area contributed by atoms with E-state index in [1.807, 2.05) is 0 Å². The van der Waals surface area contributed by atoms with Crippen molar-refractivity contribution in [3.8, 4) is 11.5 Å². The molecule has 0 atom stereocenters. The average Bonchev–Trinajstić information content (AvgIpc) is 3.03. The first kappa shape index (κ1) is 16.5. The van der Waals surface area contributed by atoms with Gasteiger partial charge in [-0.15, -0.1) is 0 Å². The van der Waals surface area contributed by atoms with Crippen molar-refractivity contribution in [2.45, 2.75) is 0 Å². The molecular weight excluding hydrogens is 327 g/mol. The summed E-state index contributed by atoms with van der Waals surface area (Å²) in [5.74, 6) is -1.16. The summed E-state index contributed by atoms with van der Waals surface area (Å²) in [5.41, 5.74) is 1.93. The topological polar surface area (TPSA) is 84.4 Å². The van der Waals surface area contributed by atoms with Crippen molar-refractivity contribution in [2.24, 2.45) is 0 Å². The van der Waals surface area contributed by atoms with Crippen molar-refractivity contribution >= 4 is 29.0 Å². The van der Waals surface area contributed by atoms with Crippen LogP contribution in [0.15, 0.2) is 30.3 Å². The molecule has 0 spiro atoms. The Bertz CT molecular complexity index is 979. The van der Waals surface area contributed by atoms with Gasteiger partial charge in [-0.2, -0.15) is 5.10 Å². The first-order valence-corrected chi connectivity index (χ1v) is 7.35. The van der Waals surface area contributed by atoms with Gasteiger partial charge in [0, 0.05) is 0 Å². The van der Waals surface area contributed by atoms with E-state index in [9.17, 15) is 14.3 Å². The monoisotopic (exact) mass is 342 g/mol. The minimum absolute atomic E-state index is 0.0505. The predicted molar refractivity (Wildman–Crippen MR) is 91.5 cm³/mol. The van der Waals surface area contributed by atoms with Gasteiger partial charge in [-0.25, -0.2) is 9.18 Å². The molecular formula is C18H15FN2O4. The van der Waals surface area contributed by atoms with Gasteiger partial charge in [0.1, 0.15) is 11.3 Å². The molecule has 2 N–H and O–H groups in total. The van der Waals surface area contributed by atoms with Crippen LogP contribution in [0.4, 0.5) is 4.39 Å². The third-order valence-corrected chi connectivity index (χ3v) is 3.75. The first-order chi connectivity index (χ1) is 12.0. The van der Waals surface area contributed by atoms with Crippen LogP contribution in [0.5, 0.6) is 11.5 Å². The zero-order valence-corrected chi connectivity index (χ0v) is 13.5. The Labute approximate surface area is 142 Å². The summed E-state index contributed by atoms with van der Waals surface area (Å²) in [7, 11) is 2.80. The molecule has 0 amide bonds. The molecule has 0 aliphatic heterocycles. The summed E-state index contributed by atoms with van der Waals surface area (Å²) in [4.78, 5) is 11.4. The zero-order chi connectivity index (χ0) is 18.0. The number of carboxylic acids is 1. The van der Waals surface area contributed by atoms with E-state index in [4.69, 9.17) is 9.47 Å². The number of halogens is 1. The fourth-order valence-corrected chi connectivity index (χ4v) is 2.56. The van der Waals surface area contributed by atoms with Gasteiger partial charge in [0.15, 0.2) is 11.6 Å². The van der Waals surface area contributed by atoms with Gasteiger partial charge in [-0.1, -0.05) is 12.1 Å². The average molecular weight is 342 g/mol. The molecule has 25 heavy (non-hydrogen) atoms. The van der Waals surface area contributed by atoms with Crippen molar-refractivity contribution in [2.75, 3.05) is 14.2 Å². The highest BCUT2D eigenvalue weighted by atomic mass is 19.1. The Morgan fingerprint density at radius 3 is 2.68 bits per heavy atom. The lowest BCUT2D eigenvalue weighted by Gasteiger charge is -2.06. The molecule has 2 aromatic carbocycles. The van der Waals surface area contributed by atoms with Crippen LogP contribution in [-0.4, -0.2) is 35.5 Å². The molecule has 6 nitrogen and oxygen atoms in total. The SMILES string of the molecule is COc1cc(/C=C/c2[nH]nc3ccc(C(=O)O)c(OC)c23)ccc1F. The standard InChI is InChI=1S/C18H15FN2O4/c1-24-15-9-10(3-6-12(15)19)4-7-13-16-14(21-20-13)8-5-11(18(22)23)17(16)25-2/h3-9H,1-2H3,(H,20,21)(H,22,23)/b7-4+. The molecule has 3 aromatic rings. The number of methoxy groups -OCH3 is 2. The van der Waals surface area contributed by atoms with Gasteiger partial charge in [0.2, 0.25) is 0 Å². The summed E-state index contributed by atoms with van der Waals surface area (Å²) in [5, 5.41) is 16.9. The summed E-state index contributed by atoms with van der Waals surface area (Å²) in [6.45, 7) is 0. The maximum atomic E-state index is 13.5. The largest absolute Gasteiger partial charge is 0.495 e. The molecule has 128 valence electrons. The summed E-state index contributed by atoms with van der Waals surface area (Å²) in [6, 6.07) is 7.53. The van der Waals surface area contributed by atoms with Gasteiger partial charge in [0.25, 0.3) is 0 Å². The van der Waals surface area contributed by atoms with Crippen LogP contribution in [0.25, 0.3) is 23.1 Å². The van der Waals surface area contributed by atoms with Crippen LogP contribution in [0.2, 0.25) is 0 Å². The molecule has 0 fully saturated rings. The highest BCUT2D eigenvalue weighted by Gasteiger charge is 2.18. The number of nitrogens with zero attached hydrogens (tertiary/aromatic N) is 1. The molecule has 0 aliphatic rings. The minimum atomic E-state index is -1.09. The second kappa shape index (κ2) is 6.64. The number of aromatic amines is 1. The van der Waals surface area contributed by atoms with Gasteiger partial charge >= 0.3 is 5.97 Å². The number of aromatic nitrogens is 2. The number of H-pyrrole nitrogens is 1. The smallest absolute Gasteiger partial charge is 0.339 e. The van der Waals surface area contributed by atoms with Gasteiger partial charge in [0.05, 0.1) is 30.8 Å². The second-order valence-corrected chi connectivity index (χ2v) is 5.21. The van der Waals surface area contributed by atoms with E-state index >= 15 is 0 Å². The first-order valence-electron chi connectivity index (χ1n) is 7.35. The zero-order valence-electron chi connectivity index (χ0n) is 13.5. The molecule has 0 bridgehead atoms. The van der Waals surface area contributed by atoms with Crippen molar-refractivity contribution in [1.82, 2.24) is 10.2 Å². The number of ether oxygens (including phenoxy) is 2. The highest BCUT2D eigenvalue weighted by molar-refractivity contribution is 6.02. The number of carboxylic acid groups (broad SMARTS) is 1. The lowest BCUT2D eigenvalue weighted by molar-refractivity contribution is 0.0693. The number of nitrogens with one attached hydrogen (secondary N) is 1. The van der Waals surface area contributed by atoms with E-state index < -0.39 is 11.8 Å². The lowest BCUT2D eigenvalue weighted by Crippen LogP contribution is -2.00. The maximum Gasteiger partial charge on any atom is 0.339 e. The van der Waals surface area contributed by atoms with Crippen molar-refractivity contribution in [3.05, 3.63) is 53.0 Å². The Morgan fingerprint density at radius 1 is 1.20 bits per heavy atom. The Hall–Kier alpha value is -3.35. The molecule has 1 aromatic heterocycles. The molecule has 0 saturated heterocycles. The minimum Gasteiger partial charge on any atom is -0.495 e. The maximum absolute atomic E-state index is 13.5. The third-order valence-electron chi connectivity index (χ3n) is 3.75. The summed E-state index contributed by atoms with van der Waals surface area (Å²) < 4.78 is 23.7. The van der Waals surface area contributed by atoms with E-state index in [0.29, 0.717) is 22.2 Å². The van der Waals surface area contributed by atoms with Crippen LogP contribution in [0, 0.1) is 5.82 Å². The van der Waals surface area contributed by atoms with Gasteiger partial charge in [-0.3, -0.25) is 5.10 Å². The normalized spacial score (nSPS) is 11.2. The summed E-state index contributed by atoms with van der Waals surface area (Å²) >= 11 is 0. The Balaban J connectivity index is 2.07. The highest BCUT2D eigenvalue weighted by Crippen LogP contribution is 2.32. The van der Waals surface area contributed by atoms with Crippen molar-refractivity contribution in [1.29, 1.82) is 0 Å². The quantitative estimate of drug-likeness (QED) is 0.740. The van der Waals surface area contributed by atoms with Crippen molar-refractivity contribution < 1.29 is 23.8 Å². The number of carbonyl (C=O) groups is 1. The number of rotatable bonds is 5.